The SMILES string of the molecule is C[C@H]1CCCC(C)(C)[C@@H]1CN(C)c1cccc(F)c1.Cl. The summed E-state index contributed by atoms with van der Waals surface area (Å²) in [5.74, 6) is 1.27. The minimum absolute atomic E-state index is 0. The highest BCUT2D eigenvalue weighted by atomic mass is 35.5. The van der Waals surface area contributed by atoms with E-state index in [9.17, 15) is 4.39 Å². The Morgan fingerprint density at radius 1 is 1.35 bits per heavy atom. The van der Waals surface area contributed by atoms with Crippen molar-refractivity contribution in [1.82, 2.24) is 0 Å². The number of rotatable bonds is 3. The van der Waals surface area contributed by atoms with Crippen LogP contribution in [0.5, 0.6) is 0 Å². The minimum Gasteiger partial charge on any atom is -0.374 e. The lowest BCUT2D eigenvalue weighted by Crippen LogP contribution is -2.41. The lowest BCUT2D eigenvalue weighted by molar-refractivity contribution is 0.0899. The van der Waals surface area contributed by atoms with Crippen LogP contribution >= 0.6 is 12.4 Å². The normalized spacial score (nSPS) is 24.9. The second-order valence-electron chi connectivity index (χ2n) is 6.82. The highest BCUT2D eigenvalue weighted by Gasteiger charge is 2.37. The summed E-state index contributed by atoms with van der Waals surface area (Å²) in [4.78, 5) is 2.21. The second kappa shape index (κ2) is 6.80. The average Bonchev–Trinajstić information content (AvgIpc) is 2.33. The largest absolute Gasteiger partial charge is 0.374 e. The van der Waals surface area contributed by atoms with Crippen LogP contribution in [0.3, 0.4) is 0 Å². The van der Waals surface area contributed by atoms with Gasteiger partial charge in [-0.3, -0.25) is 0 Å². The van der Waals surface area contributed by atoms with E-state index in [-0.39, 0.29) is 18.2 Å². The molecule has 2 atom stereocenters. The van der Waals surface area contributed by atoms with Gasteiger partial charge in [-0.15, -0.1) is 12.4 Å². The van der Waals surface area contributed by atoms with Crippen molar-refractivity contribution in [3.63, 3.8) is 0 Å². The van der Waals surface area contributed by atoms with Gasteiger partial charge in [-0.2, -0.15) is 0 Å². The first-order valence-electron chi connectivity index (χ1n) is 7.37. The maximum absolute atomic E-state index is 13.3. The van der Waals surface area contributed by atoms with Crippen molar-refractivity contribution >= 4 is 18.1 Å². The molecule has 3 heteroatoms. The lowest BCUT2D eigenvalue weighted by Gasteiger charge is -2.45. The third-order valence-corrected chi connectivity index (χ3v) is 4.89. The topological polar surface area (TPSA) is 3.24 Å². The van der Waals surface area contributed by atoms with Gasteiger partial charge in [0.05, 0.1) is 0 Å². The van der Waals surface area contributed by atoms with Crippen molar-refractivity contribution in [3.8, 4) is 0 Å². The Morgan fingerprint density at radius 3 is 2.65 bits per heavy atom. The summed E-state index contributed by atoms with van der Waals surface area (Å²) in [5.41, 5.74) is 1.37. The zero-order valence-electron chi connectivity index (χ0n) is 13.0. The Labute approximate surface area is 129 Å². The fourth-order valence-corrected chi connectivity index (χ4v) is 3.58. The van der Waals surface area contributed by atoms with E-state index in [4.69, 9.17) is 0 Å². The van der Waals surface area contributed by atoms with Gasteiger partial charge in [-0.05, 0) is 41.9 Å². The monoisotopic (exact) mass is 299 g/mol. The van der Waals surface area contributed by atoms with Crippen LogP contribution in [0.1, 0.15) is 40.0 Å². The molecular weight excluding hydrogens is 273 g/mol. The molecule has 1 saturated carbocycles. The van der Waals surface area contributed by atoms with E-state index in [2.05, 4.69) is 32.7 Å². The molecule has 1 aliphatic carbocycles. The van der Waals surface area contributed by atoms with Crippen molar-refractivity contribution in [2.24, 2.45) is 17.3 Å². The van der Waals surface area contributed by atoms with Crippen LogP contribution < -0.4 is 4.90 Å². The summed E-state index contributed by atoms with van der Waals surface area (Å²) in [5, 5.41) is 0. The van der Waals surface area contributed by atoms with Gasteiger partial charge in [0, 0.05) is 19.3 Å². The van der Waals surface area contributed by atoms with Crippen LogP contribution in [-0.4, -0.2) is 13.6 Å². The Balaban J connectivity index is 0.00000200. The molecule has 1 aromatic carbocycles. The number of hydrogen-bond donors (Lipinski definition) is 0. The molecule has 0 amide bonds. The quantitative estimate of drug-likeness (QED) is 0.746. The molecule has 0 unspecified atom stereocenters. The van der Waals surface area contributed by atoms with Crippen molar-refractivity contribution in [3.05, 3.63) is 30.1 Å². The summed E-state index contributed by atoms with van der Waals surface area (Å²) in [6, 6.07) is 6.91. The van der Waals surface area contributed by atoms with E-state index in [1.54, 1.807) is 12.1 Å². The van der Waals surface area contributed by atoms with Crippen molar-refractivity contribution in [2.75, 3.05) is 18.5 Å². The van der Waals surface area contributed by atoms with E-state index in [1.807, 2.05) is 6.07 Å². The molecule has 0 bridgehead atoms. The molecule has 1 aromatic rings. The smallest absolute Gasteiger partial charge is 0.125 e. The first-order chi connectivity index (χ1) is 8.90. The summed E-state index contributed by atoms with van der Waals surface area (Å²) in [7, 11) is 2.08. The molecule has 1 nitrogen and oxygen atoms in total. The number of nitrogens with zero attached hydrogens (tertiary/aromatic N) is 1. The highest BCUT2D eigenvalue weighted by Crippen LogP contribution is 2.44. The van der Waals surface area contributed by atoms with Crippen LogP contribution in [0, 0.1) is 23.1 Å². The van der Waals surface area contributed by atoms with Crippen LogP contribution in [0.2, 0.25) is 0 Å². The fourth-order valence-electron chi connectivity index (χ4n) is 3.58. The van der Waals surface area contributed by atoms with E-state index in [0.29, 0.717) is 11.3 Å². The predicted molar refractivity (Wildman–Crippen MR) is 87.2 cm³/mol. The first kappa shape index (κ1) is 17.3. The predicted octanol–water partition coefficient (Wildman–Crippen LogP) is 5.15. The molecule has 0 saturated heterocycles. The van der Waals surface area contributed by atoms with Gasteiger partial charge >= 0.3 is 0 Å². The van der Waals surface area contributed by atoms with E-state index < -0.39 is 0 Å². The van der Waals surface area contributed by atoms with Crippen LogP contribution in [0.15, 0.2) is 24.3 Å². The van der Waals surface area contributed by atoms with Crippen molar-refractivity contribution in [1.29, 1.82) is 0 Å². The maximum Gasteiger partial charge on any atom is 0.125 e. The molecule has 2 rings (SSSR count). The Hall–Kier alpha value is -0.760. The van der Waals surface area contributed by atoms with Gasteiger partial charge in [-0.1, -0.05) is 39.7 Å². The summed E-state index contributed by atoms with van der Waals surface area (Å²) in [6.07, 6.45) is 3.97. The molecule has 0 spiro atoms. The van der Waals surface area contributed by atoms with Gasteiger partial charge < -0.3 is 4.90 Å². The number of benzene rings is 1. The van der Waals surface area contributed by atoms with Gasteiger partial charge in [0.25, 0.3) is 0 Å². The van der Waals surface area contributed by atoms with Crippen LogP contribution in [-0.2, 0) is 0 Å². The Bertz CT molecular complexity index is 433. The molecule has 20 heavy (non-hydrogen) atoms. The van der Waals surface area contributed by atoms with Crippen molar-refractivity contribution in [2.45, 2.75) is 40.0 Å². The van der Waals surface area contributed by atoms with Crippen LogP contribution in [0.25, 0.3) is 0 Å². The van der Waals surface area contributed by atoms with Gasteiger partial charge in [0.15, 0.2) is 0 Å². The highest BCUT2D eigenvalue weighted by molar-refractivity contribution is 5.85. The third-order valence-electron chi connectivity index (χ3n) is 4.89. The first-order valence-corrected chi connectivity index (χ1v) is 7.37. The molecule has 114 valence electrons. The molecule has 0 radical (unpaired) electrons. The molecule has 0 aromatic heterocycles. The van der Waals surface area contributed by atoms with Gasteiger partial charge in [-0.25, -0.2) is 4.39 Å². The molecule has 1 aliphatic rings. The van der Waals surface area contributed by atoms with E-state index in [0.717, 1.165) is 18.2 Å². The third kappa shape index (κ3) is 3.88. The fraction of sp³-hybridized carbons (Fsp3) is 0.647. The summed E-state index contributed by atoms with van der Waals surface area (Å²) < 4.78 is 13.3. The van der Waals surface area contributed by atoms with Gasteiger partial charge in [0.1, 0.15) is 5.82 Å². The zero-order chi connectivity index (χ0) is 14.0. The molecular formula is C17H27ClFN. The molecule has 0 heterocycles. The zero-order valence-corrected chi connectivity index (χ0v) is 13.8. The Kier molecular flexibility index (Phi) is 5.88. The number of anilines is 1. The van der Waals surface area contributed by atoms with E-state index >= 15 is 0 Å². The second-order valence-corrected chi connectivity index (χ2v) is 6.82. The molecule has 1 fully saturated rings. The maximum atomic E-state index is 13.3. The number of hydrogen-bond acceptors (Lipinski definition) is 1. The molecule has 0 N–H and O–H groups in total. The molecule has 0 aliphatic heterocycles. The standard InChI is InChI=1S/C17H26FN.ClH/c1-13-7-6-10-17(2,3)16(13)12-19(4)15-9-5-8-14(18)11-15;/h5,8-9,11,13,16H,6-7,10,12H2,1-4H3;1H/t13-,16+;/m0./s1. The summed E-state index contributed by atoms with van der Waals surface area (Å²) in [6.45, 7) is 8.14. The summed E-state index contributed by atoms with van der Waals surface area (Å²) >= 11 is 0. The Morgan fingerprint density at radius 2 is 2.05 bits per heavy atom. The van der Waals surface area contributed by atoms with Crippen LogP contribution in [0.4, 0.5) is 10.1 Å². The minimum atomic E-state index is -0.152. The van der Waals surface area contributed by atoms with E-state index in [1.165, 1.54) is 25.3 Å². The van der Waals surface area contributed by atoms with Gasteiger partial charge in [0.2, 0.25) is 0 Å². The van der Waals surface area contributed by atoms with Crippen molar-refractivity contribution < 1.29 is 4.39 Å². The lowest BCUT2D eigenvalue weighted by atomic mass is 9.64. The average molecular weight is 300 g/mol. The number of halogens is 2.